The number of ether oxygens (including phenoxy) is 2. The maximum absolute atomic E-state index is 5.66. The zero-order chi connectivity index (χ0) is 10.1. The van der Waals surface area contributed by atoms with Crippen LogP contribution in [0.4, 0.5) is 0 Å². The van der Waals surface area contributed by atoms with Crippen LogP contribution >= 0.6 is 0 Å². The Labute approximate surface area is 82.6 Å². The fraction of sp³-hybridized carbons (Fsp3) is 1.00. The van der Waals surface area contributed by atoms with Gasteiger partial charge in [0.15, 0.2) is 0 Å². The van der Waals surface area contributed by atoms with Gasteiger partial charge in [0.2, 0.25) is 0 Å². The number of hydrogen-bond acceptors (Lipinski definition) is 2. The van der Waals surface area contributed by atoms with Crippen LogP contribution < -0.4 is 0 Å². The van der Waals surface area contributed by atoms with Crippen LogP contribution in [0.25, 0.3) is 0 Å². The summed E-state index contributed by atoms with van der Waals surface area (Å²) in [5, 5.41) is 0. The Hall–Kier alpha value is -0.0800. The van der Waals surface area contributed by atoms with Crippen LogP contribution in [0.15, 0.2) is 0 Å². The highest BCUT2D eigenvalue weighted by molar-refractivity contribution is 4.69. The van der Waals surface area contributed by atoms with Gasteiger partial charge in [-0.2, -0.15) is 0 Å². The smallest absolute Gasteiger partial charge is 0.0836 e. The minimum atomic E-state index is 0.282. The van der Waals surface area contributed by atoms with Gasteiger partial charge >= 0.3 is 0 Å². The second-order valence-electron chi connectivity index (χ2n) is 3.18. The minimum absolute atomic E-state index is 0.282. The van der Waals surface area contributed by atoms with Crippen molar-refractivity contribution in [2.75, 3.05) is 13.2 Å². The molecule has 0 aromatic rings. The van der Waals surface area contributed by atoms with E-state index in [4.69, 9.17) is 9.47 Å². The average molecular weight is 188 g/mol. The van der Waals surface area contributed by atoms with Crippen LogP contribution in [0.5, 0.6) is 0 Å². The molecule has 0 N–H and O–H groups in total. The molecule has 0 aliphatic carbocycles. The molecule has 0 fully saturated rings. The summed E-state index contributed by atoms with van der Waals surface area (Å²) < 4.78 is 11.3. The highest BCUT2D eigenvalue weighted by Crippen LogP contribution is 2.13. The summed E-state index contributed by atoms with van der Waals surface area (Å²) in [4.78, 5) is 0. The molecule has 0 saturated carbocycles. The van der Waals surface area contributed by atoms with Gasteiger partial charge < -0.3 is 9.47 Å². The molecule has 0 rings (SSSR count). The van der Waals surface area contributed by atoms with Gasteiger partial charge in [-0.15, -0.1) is 0 Å². The molecule has 2 heteroatoms. The third-order valence-corrected chi connectivity index (χ3v) is 2.15. The van der Waals surface area contributed by atoms with Crippen LogP contribution in [0, 0.1) is 0 Å². The molecule has 80 valence electrons. The van der Waals surface area contributed by atoms with E-state index in [-0.39, 0.29) is 6.10 Å². The second-order valence-corrected chi connectivity index (χ2v) is 3.18. The molecule has 2 nitrogen and oxygen atoms in total. The second kappa shape index (κ2) is 8.52. The van der Waals surface area contributed by atoms with Gasteiger partial charge in [-0.3, -0.25) is 0 Å². The molecule has 0 saturated heterocycles. The van der Waals surface area contributed by atoms with Gasteiger partial charge in [0.25, 0.3) is 0 Å². The highest BCUT2D eigenvalue weighted by Gasteiger charge is 2.19. The molecular weight excluding hydrogens is 164 g/mol. The molecule has 0 aromatic carbocycles. The summed E-state index contributed by atoms with van der Waals surface area (Å²) in [5.41, 5.74) is 0. The summed E-state index contributed by atoms with van der Waals surface area (Å²) in [6.45, 7) is 9.99. The lowest BCUT2D eigenvalue weighted by Crippen LogP contribution is -2.31. The topological polar surface area (TPSA) is 18.5 Å². The summed E-state index contributed by atoms with van der Waals surface area (Å²) >= 11 is 0. The Bertz CT molecular complexity index is 98.3. The molecule has 13 heavy (non-hydrogen) atoms. The highest BCUT2D eigenvalue weighted by atomic mass is 16.5. The Balaban J connectivity index is 3.94. The van der Waals surface area contributed by atoms with E-state index in [1.54, 1.807) is 0 Å². The van der Waals surface area contributed by atoms with E-state index in [1.807, 2.05) is 13.8 Å². The first-order valence-corrected chi connectivity index (χ1v) is 5.53. The SMILES string of the molecule is CCC[C@@H](OCC)[C@H](CC)OCC. The van der Waals surface area contributed by atoms with Gasteiger partial charge in [0.1, 0.15) is 0 Å². The van der Waals surface area contributed by atoms with E-state index in [0.29, 0.717) is 6.10 Å². The quantitative estimate of drug-likeness (QED) is 0.583. The van der Waals surface area contributed by atoms with Crippen molar-refractivity contribution >= 4 is 0 Å². The predicted molar refractivity (Wildman–Crippen MR) is 56.0 cm³/mol. The van der Waals surface area contributed by atoms with Gasteiger partial charge in [0, 0.05) is 13.2 Å². The molecule has 0 unspecified atom stereocenters. The first-order chi connectivity index (χ1) is 6.29. The van der Waals surface area contributed by atoms with E-state index >= 15 is 0 Å². The lowest BCUT2D eigenvalue weighted by atomic mass is 10.1. The normalized spacial score (nSPS) is 15.7. The van der Waals surface area contributed by atoms with Gasteiger partial charge in [0.05, 0.1) is 12.2 Å². The van der Waals surface area contributed by atoms with Crippen molar-refractivity contribution in [3.63, 3.8) is 0 Å². The Morgan fingerprint density at radius 2 is 1.38 bits per heavy atom. The van der Waals surface area contributed by atoms with Crippen molar-refractivity contribution in [2.24, 2.45) is 0 Å². The van der Waals surface area contributed by atoms with Gasteiger partial charge in [-0.25, -0.2) is 0 Å². The zero-order valence-corrected chi connectivity index (χ0v) is 9.51. The summed E-state index contributed by atoms with van der Waals surface area (Å²) in [6, 6.07) is 0. The van der Waals surface area contributed by atoms with E-state index in [9.17, 15) is 0 Å². The monoisotopic (exact) mass is 188 g/mol. The van der Waals surface area contributed by atoms with Crippen molar-refractivity contribution in [2.45, 2.75) is 59.2 Å². The van der Waals surface area contributed by atoms with Crippen LogP contribution in [0.2, 0.25) is 0 Å². The van der Waals surface area contributed by atoms with Crippen molar-refractivity contribution in [3.8, 4) is 0 Å². The maximum atomic E-state index is 5.66. The van der Waals surface area contributed by atoms with E-state index < -0.39 is 0 Å². The summed E-state index contributed by atoms with van der Waals surface area (Å²) in [5.74, 6) is 0. The van der Waals surface area contributed by atoms with Crippen molar-refractivity contribution in [1.82, 2.24) is 0 Å². The standard InChI is InChI=1S/C11H24O2/c1-5-9-11(13-8-4)10(6-2)12-7-3/h10-11H,5-9H2,1-4H3/t10-,11+/m0/s1. The number of hydrogen-bond donors (Lipinski definition) is 0. The summed E-state index contributed by atoms with van der Waals surface area (Å²) in [6.07, 6.45) is 3.88. The van der Waals surface area contributed by atoms with Crippen LogP contribution in [0.1, 0.15) is 47.0 Å². The molecular formula is C11H24O2. The van der Waals surface area contributed by atoms with E-state index in [0.717, 1.165) is 32.5 Å². The average Bonchev–Trinajstić information content (AvgIpc) is 2.14. The van der Waals surface area contributed by atoms with Crippen molar-refractivity contribution in [1.29, 1.82) is 0 Å². The van der Waals surface area contributed by atoms with Crippen LogP contribution in [-0.2, 0) is 9.47 Å². The lowest BCUT2D eigenvalue weighted by molar-refractivity contribution is -0.0714. The first kappa shape index (κ1) is 12.9. The first-order valence-electron chi connectivity index (χ1n) is 5.53. The predicted octanol–water partition coefficient (Wildman–Crippen LogP) is 3.01. The molecule has 0 bridgehead atoms. The molecule has 2 atom stereocenters. The Morgan fingerprint density at radius 3 is 1.77 bits per heavy atom. The van der Waals surface area contributed by atoms with Crippen LogP contribution in [0.3, 0.4) is 0 Å². The van der Waals surface area contributed by atoms with Crippen molar-refractivity contribution in [3.05, 3.63) is 0 Å². The molecule has 0 radical (unpaired) electrons. The maximum Gasteiger partial charge on any atom is 0.0836 e. The van der Waals surface area contributed by atoms with Gasteiger partial charge in [-0.05, 0) is 26.7 Å². The van der Waals surface area contributed by atoms with Gasteiger partial charge in [-0.1, -0.05) is 20.3 Å². The fourth-order valence-electron chi connectivity index (χ4n) is 1.58. The Kier molecular flexibility index (Phi) is 8.46. The fourth-order valence-corrected chi connectivity index (χ4v) is 1.58. The molecule has 0 amide bonds. The van der Waals surface area contributed by atoms with E-state index in [1.165, 1.54) is 0 Å². The van der Waals surface area contributed by atoms with E-state index in [2.05, 4.69) is 13.8 Å². The largest absolute Gasteiger partial charge is 0.376 e. The summed E-state index contributed by atoms with van der Waals surface area (Å²) in [7, 11) is 0. The third-order valence-electron chi connectivity index (χ3n) is 2.15. The van der Waals surface area contributed by atoms with Crippen molar-refractivity contribution < 1.29 is 9.47 Å². The molecule has 0 aliphatic rings. The molecule has 0 aliphatic heterocycles. The third kappa shape index (κ3) is 5.27. The Morgan fingerprint density at radius 1 is 0.846 bits per heavy atom. The van der Waals surface area contributed by atoms with Crippen LogP contribution in [-0.4, -0.2) is 25.4 Å². The molecule has 0 heterocycles. The number of rotatable bonds is 8. The lowest BCUT2D eigenvalue weighted by Gasteiger charge is -2.25. The zero-order valence-electron chi connectivity index (χ0n) is 9.51. The molecule has 0 aromatic heterocycles. The minimum Gasteiger partial charge on any atom is -0.376 e. The molecule has 0 spiro atoms.